The van der Waals surface area contributed by atoms with Crippen molar-refractivity contribution in [1.82, 2.24) is 0 Å². The summed E-state index contributed by atoms with van der Waals surface area (Å²) in [6.45, 7) is 0. The first-order valence-electron chi connectivity index (χ1n) is 6.36. The minimum atomic E-state index is 0.0632. The van der Waals surface area contributed by atoms with Crippen molar-refractivity contribution in [3.05, 3.63) is 47.5 Å². The zero-order chi connectivity index (χ0) is 14.5. The molecular weight excluding hydrogens is 256 g/mol. The molecule has 0 unspecified atom stereocenters. The lowest BCUT2D eigenvalue weighted by Gasteiger charge is -2.11. The van der Waals surface area contributed by atoms with E-state index in [9.17, 15) is 10.2 Å². The number of hydrogen-bond donors (Lipinski definition) is 2. The van der Waals surface area contributed by atoms with Crippen LogP contribution >= 0.6 is 0 Å². The average Bonchev–Trinajstić information content (AvgIpc) is 2.46. The minimum Gasteiger partial charge on any atom is -0.508 e. The number of aromatic hydroxyl groups is 2. The molecule has 2 N–H and O–H groups in total. The van der Waals surface area contributed by atoms with E-state index in [2.05, 4.69) is 0 Å². The summed E-state index contributed by atoms with van der Waals surface area (Å²) < 4.78 is 10.5. The van der Waals surface area contributed by atoms with Gasteiger partial charge in [-0.25, -0.2) is 0 Å². The van der Waals surface area contributed by atoms with Crippen molar-refractivity contribution in [1.29, 1.82) is 0 Å². The summed E-state index contributed by atoms with van der Waals surface area (Å²) in [4.78, 5) is 0. The quantitative estimate of drug-likeness (QED) is 0.880. The van der Waals surface area contributed by atoms with Gasteiger partial charge >= 0.3 is 0 Å². The van der Waals surface area contributed by atoms with Crippen molar-refractivity contribution >= 4 is 0 Å². The van der Waals surface area contributed by atoms with Crippen LogP contribution in [0.3, 0.4) is 0 Å². The number of phenols is 2. The highest BCUT2D eigenvalue weighted by Crippen LogP contribution is 2.28. The maximum atomic E-state index is 9.77. The summed E-state index contributed by atoms with van der Waals surface area (Å²) in [5.41, 5.74) is 1.83. The van der Waals surface area contributed by atoms with E-state index < -0.39 is 0 Å². The fourth-order valence-electron chi connectivity index (χ4n) is 2.09. The van der Waals surface area contributed by atoms with Gasteiger partial charge in [0.2, 0.25) is 0 Å². The Morgan fingerprint density at radius 3 is 2.20 bits per heavy atom. The van der Waals surface area contributed by atoms with Crippen molar-refractivity contribution in [2.75, 3.05) is 14.2 Å². The Balaban J connectivity index is 2.14. The standard InChI is InChI=1S/C16H18O4/c1-19-14-8-6-12(16(10-14)20-2)4-3-11-5-7-13(17)9-15(11)18/h5-10,17-18H,3-4H2,1-2H3. The summed E-state index contributed by atoms with van der Waals surface area (Å²) in [5, 5.41) is 19.0. The molecule has 0 radical (unpaired) electrons. The van der Waals surface area contributed by atoms with E-state index in [0.29, 0.717) is 6.42 Å². The van der Waals surface area contributed by atoms with Crippen LogP contribution in [0, 0.1) is 0 Å². The fourth-order valence-corrected chi connectivity index (χ4v) is 2.09. The van der Waals surface area contributed by atoms with Gasteiger partial charge in [-0.1, -0.05) is 12.1 Å². The minimum absolute atomic E-state index is 0.0632. The second kappa shape index (κ2) is 6.19. The zero-order valence-electron chi connectivity index (χ0n) is 11.6. The van der Waals surface area contributed by atoms with Gasteiger partial charge in [0.05, 0.1) is 14.2 Å². The molecule has 0 aliphatic carbocycles. The van der Waals surface area contributed by atoms with Gasteiger partial charge in [-0.05, 0) is 36.1 Å². The SMILES string of the molecule is COc1ccc(CCc2ccc(O)cc2O)c(OC)c1. The van der Waals surface area contributed by atoms with Gasteiger partial charge in [0, 0.05) is 12.1 Å². The highest BCUT2D eigenvalue weighted by molar-refractivity contribution is 5.43. The molecule has 2 rings (SSSR count). The van der Waals surface area contributed by atoms with Crippen LogP contribution in [0.25, 0.3) is 0 Å². The molecule has 0 fully saturated rings. The van der Waals surface area contributed by atoms with Gasteiger partial charge in [0.1, 0.15) is 23.0 Å². The predicted molar refractivity (Wildman–Crippen MR) is 76.7 cm³/mol. The zero-order valence-corrected chi connectivity index (χ0v) is 11.6. The molecular formula is C16H18O4. The molecule has 4 heteroatoms. The van der Waals surface area contributed by atoms with Crippen LogP contribution < -0.4 is 9.47 Å². The summed E-state index contributed by atoms with van der Waals surface area (Å²) in [5.74, 6) is 1.69. The second-order valence-electron chi connectivity index (χ2n) is 4.49. The maximum Gasteiger partial charge on any atom is 0.125 e. The molecule has 0 saturated carbocycles. The Hall–Kier alpha value is -2.36. The molecule has 0 spiro atoms. The molecule has 20 heavy (non-hydrogen) atoms. The third kappa shape index (κ3) is 3.15. The molecule has 0 saturated heterocycles. The van der Waals surface area contributed by atoms with E-state index in [-0.39, 0.29) is 11.5 Å². The van der Waals surface area contributed by atoms with Gasteiger partial charge in [-0.3, -0.25) is 0 Å². The van der Waals surface area contributed by atoms with E-state index in [1.807, 2.05) is 18.2 Å². The van der Waals surface area contributed by atoms with E-state index >= 15 is 0 Å². The monoisotopic (exact) mass is 274 g/mol. The molecule has 2 aromatic carbocycles. The van der Waals surface area contributed by atoms with Gasteiger partial charge in [0.15, 0.2) is 0 Å². The second-order valence-corrected chi connectivity index (χ2v) is 4.49. The van der Waals surface area contributed by atoms with Crippen molar-refractivity contribution in [3.63, 3.8) is 0 Å². The molecule has 0 aliphatic rings. The van der Waals surface area contributed by atoms with Crippen molar-refractivity contribution < 1.29 is 19.7 Å². The highest BCUT2D eigenvalue weighted by Gasteiger charge is 2.08. The molecule has 0 heterocycles. The Bertz CT molecular complexity index is 593. The van der Waals surface area contributed by atoms with Crippen LogP contribution in [-0.2, 0) is 12.8 Å². The largest absolute Gasteiger partial charge is 0.508 e. The summed E-state index contributed by atoms with van der Waals surface area (Å²) >= 11 is 0. The van der Waals surface area contributed by atoms with Crippen LogP contribution in [-0.4, -0.2) is 24.4 Å². The third-order valence-electron chi connectivity index (χ3n) is 3.23. The lowest BCUT2D eigenvalue weighted by molar-refractivity contribution is 0.391. The number of rotatable bonds is 5. The van der Waals surface area contributed by atoms with Crippen LogP contribution in [0.15, 0.2) is 36.4 Å². The summed E-state index contributed by atoms with van der Waals surface area (Å²) in [7, 11) is 3.24. The topological polar surface area (TPSA) is 58.9 Å². The first-order valence-corrected chi connectivity index (χ1v) is 6.36. The van der Waals surface area contributed by atoms with Gasteiger partial charge in [0.25, 0.3) is 0 Å². The Morgan fingerprint density at radius 1 is 0.850 bits per heavy atom. The first-order chi connectivity index (χ1) is 9.63. The number of methoxy groups -OCH3 is 2. The normalized spacial score (nSPS) is 10.3. The maximum absolute atomic E-state index is 9.77. The molecule has 2 aromatic rings. The molecule has 0 aliphatic heterocycles. The third-order valence-corrected chi connectivity index (χ3v) is 3.23. The highest BCUT2D eigenvalue weighted by atomic mass is 16.5. The smallest absolute Gasteiger partial charge is 0.125 e. The lowest BCUT2D eigenvalue weighted by atomic mass is 10.0. The van der Waals surface area contributed by atoms with Crippen molar-refractivity contribution in [2.45, 2.75) is 12.8 Å². The predicted octanol–water partition coefficient (Wildman–Crippen LogP) is 2.90. The number of phenolic OH excluding ortho intramolecular Hbond substituents is 2. The molecule has 0 aromatic heterocycles. The first kappa shape index (κ1) is 14.1. The average molecular weight is 274 g/mol. The van der Waals surface area contributed by atoms with Crippen LogP contribution in [0.4, 0.5) is 0 Å². The van der Waals surface area contributed by atoms with Crippen molar-refractivity contribution in [3.8, 4) is 23.0 Å². The number of ether oxygens (including phenoxy) is 2. The lowest BCUT2D eigenvalue weighted by Crippen LogP contribution is -1.97. The number of benzene rings is 2. The number of aryl methyl sites for hydroxylation is 2. The van der Waals surface area contributed by atoms with E-state index in [1.165, 1.54) is 6.07 Å². The molecule has 106 valence electrons. The number of hydrogen-bond acceptors (Lipinski definition) is 4. The Morgan fingerprint density at radius 2 is 1.55 bits per heavy atom. The molecule has 0 bridgehead atoms. The van der Waals surface area contributed by atoms with E-state index in [0.717, 1.165) is 29.0 Å². The van der Waals surface area contributed by atoms with Crippen LogP contribution in [0.5, 0.6) is 23.0 Å². The van der Waals surface area contributed by atoms with Gasteiger partial charge < -0.3 is 19.7 Å². The Kier molecular flexibility index (Phi) is 4.35. The fraction of sp³-hybridized carbons (Fsp3) is 0.250. The summed E-state index contributed by atoms with van der Waals surface area (Å²) in [6, 6.07) is 10.3. The molecule has 0 amide bonds. The van der Waals surface area contributed by atoms with E-state index in [4.69, 9.17) is 9.47 Å². The van der Waals surface area contributed by atoms with Gasteiger partial charge in [-0.15, -0.1) is 0 Å². The van der Waals surface area contributed by atoms with Gasteiger partial charge in [-0.2, -0.15) is 0 Å². The van der Waals surface area contributed by atoms with Crippen molar-refractivity contribution in [2.24, 2.45) is 0 Å². The van der Waals surface area contributed by atoms with Crippen LogP contribution in [0.2, 0.25) is 0 Å². The van der Waals surface area contributed by atoms with E-state index in [1.54, 1.807) is 26.4 Å². The van der Waals surface area contributed by atoms with Crippen LogP contribution in [0.1, 0.15) is 11.1 Å². The molecule has 0 atom stereocenters. The molecule has 4 nitrogen and oxygen atoms in total. The Labute approximate surface area is 118 Å². The summed E-state index contributed by atoms with van der Waals surface area (Å²) in [6.07, 6.45) is 1.39.